The maximum absolute atomic E-state index is 6.10. The number of hydrogen-bond acceptors (Lipinski definition) is 1. The largest absolute Gasteiger partial charge is 0.348 e. The molecular formula is C15H13ClN2. The molecule has 3 rings (SSSR count). The van der Waals surface area contributed by atoms with Crippen molar-refractivity contribution in [1.82, 2.24) is 9.97 Å². The van der Waals surface area contributed by atoms with Crippen molar-refractivity contribution in [1.29, 1.82) is 0 Å². The predicted molar refractivity (Wildman–Crippen MR) is 75.1 cm³/mol. The number of imidazole rings is 1. The minimum Gasteiger partial charge on any atom is -0.348 e. The summed E-state index contributed by atoms with van der Waals surface area (Å²) in [6.45, 7) is 0. The Labute approximate surface area is 111 Å². The zero-order chi connectivity index (χ0) is 12.4. The summed E-state index contributed by atoms with van der Waals surface area (Å²) in [7, 11) is 0. The highest BCUT2D eigenvalue weighted by Crippen LogP contribution is 2.27. The predicted octanol–water partition coefficient (Wildman–Crippen LogP) is 3.93. The van der Waals surface area contributed by atoms with Crippen LogP contribution in [0.2, 0.25) is 0 Å². The van der Waals surface area contributed by atoms with Crippen LogP contribution >= 0.6 is 11.6 Å². The van der Waals surface area contributed by atoms with Crippen LogP contribution < -0.4 is 0 Å². The summed E-state index contributed by atoms with van der Waals surface area (Å²) in [6, 6.07) is 14.8. The van der Waals surface area contributed by atoms with E-state index in [1.807, 2.05) is 6.20 Å². The quantitative estimate of drug-likeness (QED) is 0.707. The summed E-state index contributed by atoms with van der Waals surface area (Å²) in [4.78, 5) is 7.20. The van der Waals surface area contributed by atoms with Crippen LogP contribution in [0.25, 0.3) is 10.8 Å². The SMILES string of the molecule is ClCC(c1ccc2ccccc2c1)c1cnc[nH]1. The number of benzene rings is 2. The third kappa shape index (κ3) is 2.00. The first kappa shape index (κ1) is 11.3. The molecule has 0 spiro atoms. The molecule has 3 heteroatoms. The van der Waals surface area contributed by atoms with Gasteiger partial charge < -0.3 is 4.98 Å². The van der Waals surface area contributed by atoms with Crippen LogP contribution in [-0.4, -0.2) is 15.8 Å². The Morgan fingerprint density at radius 3 is 2.67 bits per heavy atom. The lowest BCUT2D eigenvalue weighted by Crippen LogP contribution is -2.03. The van der Waals surface area contributed by atoms with Crippen LogP contribution in [0.1, 0.15) is 17.2 Å². The van der Waals surface area contributed by atoms with Gasteiger partial charge in [-0.2, -0.15) is 0 Å². The van der Waals surface area contributed by atoms with Gasteiger partial charge in [-0.15, -0.1) is 11.6 Å². The van der Waals surface area contributed by atoms with E-state index >= 15 is 0 Å². The normalized spacial score (nSPS) is 12.7. The maximum Gasteiger partial charge on any atom is 0.0921 e. The van der Waals surface area contributed by atoms with Gasteiger partial charge in [-0.3, -0.25) is 0 Å². The number of hydrogen-bond donors (Lipinski definition) is 1. The molecule has 0 aliphatic heterocycles. The van der Waals surface area contributed by atoms with E-state index in [4.69, 9.17) is 11.6 Å². The molecule has 0 radical (unpaired) electrons. The van der Waals surface area contributed by atoms with E-state index in [1.54, 1.807) is 6.33 Å². The monoisotopic (exact) mass is 256 g/mol. The molecule has 2 aromatic carbocycles. The summed E-state index contributed by atoms with van der Waals surface area (Å²) >= 11 is 6.10. The van der Waals surface area contributed by atoms with Gasteiger partial charge in [0.1, 0.15) is 0 Å². The Bertz CT molecular complexity index is 646. The third-order valence-electron chi connectivity index (χ3n) is 3.22. The second-order valence-electron chi connectivity index (χ2n) is 4.32. The van der Waals surface area contributed by atoms with E-state index in [0.717, 1.165) is 5.69 Å². The van der Waals surface area contributed by atoms with Crippen LogP contribution in [0.4, 0.5) is 0 Å². The van der Waals surface area contributed by atoms with E-state index in [-0.39, 0.29) is 5.92 Å². The van der Waals surface area contributed by atoms with E-state index in [2.05, 4.69) is 52.4 Å². The van der Waals surface area contributed by atoms with Gasteiger partial charge in [0, 0.05) is 23.7 Å². The molecule has 0 fully saturated rings. The number of alkyl halides is 1. The molecule has 0 saturated carbocycles. The van der Waals surface area contributed by atoms with Gasteiger partial charge in [-0.25, -0.2) is 4.98 Å². The van der Waals surface area contributed by atoms with Crippen molar-refractivity contribution in [3.05, 3.63) is 66.2 Å². The number of nitrogens with one attached hydrogen (secondary N) is 1. The van der Waals surface area contributed by atoms with Crippen LogP contribution in [0.15, 0.2) is 55.0 Å². The lowest BCUT2D eigenvalue weighted by atomic mass is 9.95. The standard InChI is InChI=1S/C15H13ClN2/c16-8-14(15-9-17-10-18-15)13-6-5-11-3-1-2-4-12(11)7-13/h1-7,9-10,14H,8H2,(H,17,18). The molecule has 0 amide bonds. The van der Waals surface area contributed by atoms with Crippen molar-refractivity contribution in [2.45, 2.75) is 5.92 Å². The number of halogens is 1. The Morgan fingerprint density at radius 1 is 1.11 bits per heavy atom. The van der Waals surface area contributed by atoms with Crippen LogP contribution in [0, 0.1) is 0 Å². The summed E-state index contributed by atoms with van der Waals surface area (Å²) < 4.78 is 0. The van der Waals surface area contributed by atoms with Gasteiger partial charge in [-0.1, -0.05) is 42.5 Å². The second kappa shape index (κ2) is 4.83. The average Bonchev–Trinajstić information content (AvgIpc) is 2.93. The Kier molecular flexibility index (Phi) is 3.03. The third-order valence-corrected chi connectivity index (χ3v) is 3.53. The summed E-state index contributed by atoms with van der Waals surface area (Å²) in [5.41, 5.74) is 2.27. The fourth-order valence-corrected chi connectivity index (χ4v) is 2.58. The number of fused-ring (bicyclic) bond motifs is 1. The first-order valence-corrected chi connectivity index (χ1v) is 6.45. The van der Waals surface area contributed by atoms with Crippen LogP contribution in [0.5, 0.6) is 0 Å². The van der Waals surface area contributed by atoms with Gasteiger partial charge >= 0.3 is 0 Å². The molecule has 0 aliphatic rings. The minimum absolute atomic E-state index is 0.166. The highest BCUT2D eigenvalue weighted by atomic mass is 35.5. The van der Waals surface area contributed by atoms with Gasteiger partial charge in [0.2, 0.25) is 0 Å². The molecule has 1 heterocycles. The summed E-state index contributed by atoms with van der Waals surface area (Å²) in [5.74, 6) is 0.708. The van der Waals surface area contributed by atoms with E-state index < -0.39 is 0 Å². The van der Waals surface area contributed by atoms with Crippen molar-refractivity contribution in [3.63, 3.8) is 0 Å². The average molecular weight is 257 g/mol. The van der Waals surface area contributed by atoms with Gasteiger partial charge in [0.25, 0.3) is 0 Å². The topological polar surface area (TPSA) is 28.7 Å². The molecule has 90 valence electrons. The maximum atomic E-state index is 6.10. The van der Waals surface area contributed by atoms with Gasteiger partial charge in [0.05, 0.1) is 6.33 Å². The molecule has 1 atom stereocenters. The molecule has 1 N–H and O–H groups in total. The molecular weight excluding hydrogens is 244 g/mol. The molecule has 0 saturated heterocycles. The number of nitrogens with zero attached hydrogens (tertiary/aromatic N) is 1. The zero-order valence-electron chi connectivity index (χ0n) is 9.81. The fourth-order valence-electron chi connectivity index (χ4n) is 2.23. The smallest absolute Gasteiger partial charge is 0.0921 e. The van der Waals surface area contributed by atoms with Crippen molar-refractivity contribution >= 4 is 22.4 Å². The fraction of sp³-hybridized carbons (Fsp3) is 0.133. The number of rotatable bonds is 3. The first-order valence-electron chi connectivity index (χ1n) is 5.91. The van der Waals surface area contributed by atoms with Crippen LogP contribution in [-0.2, 0) is 0 Å². The van der Waals surface area contributed by atoms with Gasteiger partial charge in [0.15, 0.2) is 0 Å². The van der Waals surface area contributed by atoms with E-state index in [0.29, 0.717) is 5.88 Å². The minimum atomic E-state index is 0.166. The van der Waals surface area contributed by atoms with Crippen molar-refractivity contribution in [3.8, 4) is 0 Å². The molecule has 1 aromatic heterocycles. The second-order valence-corrected chi connectivity index (χ2v) is 4.63. The lowest BCUT2D eigenvalue weighted by Gasteiger charge is -2.13. The highest BCUT2D eigenvalue weighted by molar-refractivity contribution is 6.18. The molecule has 2 nitrogen and oxygen atoms in total. The molecule has 0 bridgehead atoms. The van der Waals surface area contributed by atoms with E-state index in [1.165, 1.54) is 16.3 Å². The summed E-state index contributed by atoms with van der Waals surface area (Å²) in [5, 5.41) is 2.49. The van der Waals surface area contributed by atoms with Crippen molar-refractivity contribution in [2.24, 2.45) is 0 Å². The zero-order valence-corrected chi connectivity index (χ0v) is 10.6. The molecule has 18 heavy (non-hydrogen) atoms. The number of aromatic amines is 1. The Balaban J connectivity index is 2.07. The highest BCUT2D eigenvalue weighted by Gasteiger charge is 2.14. The Hall–Kier alpha value is -1.80. The Morgan fingerprint density at radius 2 is 1.94 bits per heavy atom. The molecule has 3 aromatic rings. The van der Waals surface area contributed by atoms with Crippen LogP contribution in [0.3, 0.4) is 0 Å². The molecule has 0 aliphatic carbocycles. The lowest BCUT2D eigenvalue weighted by molar-refractivity contribution is 0.893. The molecule has 1 unspecified atom stereocenters. The summed E-state index contributed by atoms with van der Waals surface area (Å²) in [6.07, 6.45) is 3.53. The number of aromatic nitrogens is 2. The van der Waals surface area contributed by atoms with Crippen molar-refractivity contribution < 1.29 is 0 Å². The first-order chi connectivity index (χ1) is 8.88. The van der Waals surface area contributed by atoms with Gasteiger partial charge in [-0.05, 0) is 16.3 Å². The van der Waals surface area contributed by atoms with Crippen molar-refractivity contribution in [2.75, 3.05) is 5.88 Å². The number of H-pyrrole nitrogens is 1. The van der Waals surface area contributed by atoms with E-state index in [9.17, 15) is 0 Å².